The number of nitrogens with zero attached hydrogens (tertiary/aromatic N) is 1. The summed E-state index contributed by atoms with van der Waals surface area (Å²) in [4.78, 5) is 19.5. The van der Waals surface area contributed by atoms with Crippen LogP contribution in [-0.4, -0.2) is 40.0 Å². The Bertz CT molecular complexity index is 1020. The molecule has 7 rings (SSSR count). The first-order chi connectivity index (χ1) is 12.8. The highest BCUT2D eigenvalue weighted by molar-refractivity contribution is 9.10. The van der Waals surface area contributed by atoms with Crippen LogP contribution in [0.25, 0.3) is 10.9 Å². The Morgan fingerprint density at radius 3 is 2.93 bits per heavy atom. The molecule has 2 bridgehead atoms. The number of rotatable bonds is 0. The number of carbonyl (C=O) groups is 1. The number of amides is 1. The number of aryl methyl sites for hydroxylation is 1. The number of aromatic amines is 1. The minimum Gasteiger partial charge on any atom is -0.358 e. The molecule has 4 saturated heterocycles. The second kappa shape index (κ2) is 4.80. The number of aromatic nitrogens is 1. The molecule has 3 atom stereocenters. The summed E-state index contributed by atoms with van der Waals surface area (Å²) in [6.07, 6.45) is 4.12. The maximum absolute atomic E-state index is 13.2. The van der Waals surface area contributed by atoms with Crippen LogP contribution in [0.1, 0.15) is 49.9 Å². The largest absolute Gasteiger partial charge is 0.358 e. The third-order valence-electron chi connectivity index (χ3n) is 8.28. The third-order valence-corrected chi connectivity index (χ3v) is 9.14. The lowest BCUT2D eigenvalue weighted by atomic mass is 9.51. The van der Waals surface area contributed by atoms with Crippen molar-refractivity contribution in [3.8, 4) is 0 Å². The molecule has 1 aromatic carbocycles. The van der Waals surface area contributed by atoms with Crippen molar-refractivity contribution in [3.63, 3.8) is 0 Å². The number of hydrogen-bond acceptors (Lipinski definition) is 2. The first kappa shape index (κ1) is 16.6. The fraction of sp³-hybridized carbons (Fsp3) is 0.591. The zero-order chi connectivity index (χ0) is 18.8. The molecule has 142 valence electrons. The van der Waals surface area contributed by atoms with Gasteiger partial charge >= 0.3 is 0 Å². The fourth-order valence-electron chi connectivity index (χ4n) is 6.97. The van der Waals surface area contributed by atoms with Crippen molar-refractivity contribution in [3.05, 3.63) is 33.4 Å². The van der Waals surface area contributed by atoms with E-state index in [4.69, 9.17) is 0 Å². The Hall–Kier alpha value is -1.33. The molecule has 1 aromatic heterocycles. The first-order valence-corrected chi connectivity index (χ1v) is 11.0. The smallest absolute Gasteiger partial charge is 0.241 e. The van der Waals surface area contributed by atoms with Crippen molar-refractivity contribution in [2.45, 2.75) is 62.9 Å². The molecule has 1 amide bonds. The highest BCUT2D eigenvalue weighted by atomic mass is 79.9. The summed E-state index contributed by atoms with van der Waals surface area (Å²) in [5.41, 5.74) is 4.91. The van der Waals surface area contributed by atoms with Gasteiger partial charge in [0.2, 0.25) is 5.91 Å². The fourth-order valence-corrected chi connectivity index (χ4v) is 7.31. The van der Waals surface area contributed by atoms with Crippen LogP contribution >= 0.6 is 15.9 Å². The van der Waals surface area contributed by atoms with Gasteiger partial charge in [0.1, 0.15) is 5.54 Å². The third kappa shape index (κ3) is 1.81. The zero-order valence-electron chi connectivity index (χ0n) is 16.2. The molecule has 2 N–H and O–H groups in total. The van der Waals surface area contributed by atoms with Gasteiger partial charge in [-0.2, -0.15) is 0 Å². The summed E-state index contributed by atoms with van der Waals surface area (Å²) in [6, 6.07) is 4.52. The van der Waals surface area contributed by atoms with Gasteiger partial charge in [0, 0.05) is 33.0 Å². The number of piperazine rings is 1. The summed E-state index contributed by atoms with van der Waals surface area (Å²) in [6.45, 7) is 9.01. The van der Waals surface area contributed by atoms with Crippen LogP contribution in [0.4, 0.5) is 0 Å². The zero-order valence-corrected chi connectivity index (χ0v) is 17.8. The summed E-state index contributed by atoms with van der Waals surface area (Å²) in [5.74, 6) is 0.766. The average molecular weight is 428 g/mol. The molecule has 0 unspecified atom stereocenters. The van der Waals surface area contributed by atoms with Crippen LogP contribution in [0.15, 0.2) is 16.6 Å². The number of hydrogen-bond donors (Lipinski definition) is 2. The maximum atomic E-state index is 13.2. The number of carbonyl (C=O) groups excluding carboxylic acids is 1. The monoisotopic (exact) mass is 427 g/mol. The lowest BCUT2D eigenvalue weighted by molar-refractivity contribution is -0.160. The second-order valence-corrected chi connectivity index (χ2v) is 10.8. The van der Waals surface area contributed by atoms with Crippen molar-refractivity contribution >= 4 is 32.7 Å². The summed E-state index contributed by atoms with van der Waals surface area (Å²) >= 11 is 3.69. The highest BCUT2D eigenvalue weighted by Gasteiger charge is 2.68. The molecule has 1 aliphatic carbocycles. The van der Waals surface area contributed by atoms with Crippen molar-refractivity contribution in [2.24, 2.45) is 5.92 Å². The number of H-pyrrole nitrogens is 1. The Morgan fingerprint density at radius 2 is 2.11 bits per heavy atom. The van der Waals surface area contributed by atoms with E-state index in [-0.39, 0.29) is 16.5 Å². The minimum atomic E-state index is -0.243. The van der Waals surface area contributed by atoms with Gasteiger partial charge in [0.25, 0.3) is 0 Å². The molecule has 4 nitrogen and oxygen atoms in total. The van der Waals surface area contributed by atoms with Gasteiger partial charge in [0.15, 0.2) is 0 Å². The molecule has 5 heterocycles. The Labute approximate surface area is 168 Å². The van der Waals surface area contributed by atoms with Gasteiger partial charge in [-0.05, 0) is 68.3 Å². The molecule has 27 heavy (non-hydrogen) atoms. The average Bonchev–Trinajstić information content (AvgIpc) is 3.17. The van der Waals surface area contributed by atoms with Crippen LogP contribution in [-0.2, 0) is 16.6 Å². The standard InChI is InChI=1S/C22H26BrN3O/c1-12-7-13-14-9-21-11-26-6-4-5-22(26,19(27)25-21)10-17(21)20(2,3)18(14)24-16(13)8-15(12)23/h7-8,17,24H,4-6,9-11H2,1-3H3,(H,25,27)/t17-,21+,22-/m0/s1. The van der Waals surface area contributed by atoms with Crippen molar-refractivity contribution in [1.29, 1.82) is 0 Å². The van der Waals surface area contributed by atoms with Gasteiger partial charge in [-0.15, -0.1) is 0 Å². The van der Waals surface area contributed by atoms with Gasteiger partial charge in [-0.3, -0.25) is 9.69 Å². The van der Waals surface area contributed by atoms with E-state index in [2.05, 4.69) is 64.0 Å². The predicted octanol–water partition coefficient (Wildman–Crippen LogP) is 3.80. The van der Waals surface area contributed by atoms with Gasteiger partial charge in [0.05, 0.1) is 5.54 Å². The molecule has 5 heteroatoms. The topological polar surface area (TPSA) is 48.1 Å². The van der Waals surface area contributed by atoms with Crippen molar-refractivity contribution in [1.82, 2.24) is 15.2 Å². The minimum absolute atomic E-state index is 0.0162. The molecule has 0 radical (unpaired) electrons. The number of benzene rings is 1. The van der Waals surface area contributed by atoms with E-state index in [1.54, 1.807) is 0 Å². The van der Waals surface area contributed by atoms with Crippen molar-refractivity contribution in [2.75, 3.05) is 13.1 Å². The second-order valence-electron chi connectivity index (χ2n) is 9.95. The van der Waals surface area contributed by atoms with E-state index in [0.29, 0.717) is 11.8 Å². The molecule has 4 aliphatic heterocycles. The van der Waals surface area contributed by atoms with E-state index >= 15 is 0 Å². The molecule has 2 spiro atoms. The quantitative estimate of drug-likeness (QED) is 0.671. The molecular formula is C22H26BrN3O. The Kier molecular flexibility index (Phi) is 2.95. The normalized spacial score (nSPS) is 36.4. The van der Waals surface area contributed by atoms with Crippen LogP contribution < -0.4 is 5.32 Å². The Morgan fingerprint density at radius 1 is 1.30 bits per heavy atom. The molecular weight excluding hydrogens is 402 g/mol. The van der Waals surface area contributed by atoms with Crippen molar-refractivity contribution < 1.29 is 4.79 Å². The predicted molar refractivity (Wildman–Crippen MR) is 110 cm³/mol. The molecule has 5 aliphatic rings. The van der Waals surface area contributed by atoms with E-state index < -0.39 is 0 Å². The summed E-state index contributed by atoms with van der Waals surface area (Å²) in [7, 11) is 0. The summed E-state index contributed by atoms with van der Waals surface area (Å²) < 4.78 is 1.15. The van der Waals surface area contributed by atoms with E-state index in [1.807, 2.05) is 0 Å². The van der Waals surface area contributed by atoms with E-state index in [9.17, 15) is 4.79 Å². The van der Waals surface area contributed by atoms with E-state index in [1.165, 1.54) is 27.7 Å². The summed E-state index contributed by atoms with van der Waals surface area (Å²) in [5, 5.41) is 4.89. The van der Waals surface area contributed by atoms with Crippen LogP contribution in [0.2, 0.25) is 0 Å². The molecule has 2 aromatic rings. The number of fused-ring (bicyclic) bond motifs is 4. The lowest BCUT2D eigenvalue weighted by Crippen LogP contribution is -2.82. The van der Waals surface area contributed by atoms with Crippen LogP contribution in [0.3, 0.4) is 0 Å². The molecule has 4 fully saturated rings. The van der Waals surface area contributed by atoms with Gasteiger partial charge in [-0.25, -0.2) is 0 Å². The molecule has 0 saturated carbocycles. The number of halogens is 1. The van der Waals surface area contributed by atoms with Gasteiger partial charge in [-0.1, -0.05) is 29.8 Å². The van der Waals surface area contributed by atoms with Crippen LogP contribution in [0, 0.1) is 12.8 Å². The number of piperidine rings is 2. The first-order valence-electron chi connectivity index (χ1n) is 10.2. The highest BCUT2D eigenvalue weighted by Crippen LogP contribution is 2.58. The maximum Gasteiger partial charge on any atom is 0.241 e. The van der Waals surface area contributed by atoms with E-state index in [0.717, 1.165) is 43.2 Å². The lowest BCUT2D eigenvalue weighted by Gasteiger charge is -2.65. The van der Waals surface area contributed by atoms with Gasteiger partial charge < -0.3 is 10.3 Å². The number of nitrogens with one attached hydrogen (secondary N) is 2. The van der Waals surface area contributed by atoms with Crippen LogP contribution in [0.5, 0.6) is 0 Å². The SMILES string of the molecule is Cc1cc2c3c([nH]c2cc1Br)C(C)(C)[C@@H]1C[C@]24CCCN2C[C@@]1(C3)NC4=O. The Balaban J connectivity index is 1.59.